The van der Waals surface area contributed by atoms with E-state index in [-0.39, 0.29) is 66.4 Å². The van der Waals surface area contributed by atoms with E-state index in [0.29, 0.717) is 0 Å². The second kappa shape index (κ2) is 26.1. The Morgan fingerprint density at radius 1 is 0.647 bits per heavy atom. The Kier molecular flexibility index (Phi) is 47.8. The molecule has 106 valence electrons. The van der Waals surface area contributed by atoms with Crippen LogP contribution >= 0.6 is 37.2 Å². The predicted octanol–water partition coefficient (Wildman–Crippen LogP) is 4.02. The van der Waals surface area contributed by atoms with Gasteiger partial charge in [-0.3, -0.25) is 0 Å². The Labute approximate surface area is 141 Å². The fraction of sp³-hybridized carbons (Fsp3) is 0.909. The van der Waals surface area contributed by atoms with Crippen LogP contribution in [0.2, 0.25) is 0 Å². The van der Waals surface area contributed by atoms with Crippen LogP contribution in [0.25, 0.3) is 5.32 Å². The smallest absolute Gasteiger partial charge is 0.662 e. The van der Waals surface area contributed by atoms with Crippen molar-refractivity contribution in [2.75, 3.05) is 26.2 Å². The number of nitrogens with one attached hydrogen (secondary N) is 1. The van der Waals surface area contributed by atoms with Gasteiger partial charge in [-0.1, -0.05) is 25.7 Å². The normalized spacial score (nSPS) is 16.9. The molecule has 17 heavy (non-hydrogen) atoms. The first kappa shape index (κ1) is 31.1. The van der Waals surface area contributed by atoms with Crippen molar-refractivity contribution in [1.82, 2.24) is 5.32 Å². The van der Waals surface area contributed by atoms with E-state index in [2.05, 4.69) is 10.6 Å². The molecule has 1 aliphatic heterocycles. The van der Waals surface area contributed by atoms with Gasteiger partial charge in [0, 0.05) is 0 Å². The molecule has 0 bridgehead atoms. The topological polar surface area (TPSA) is 26.1 Å². The molecule has 0 aliphatic carbocycles. The second-order valence-corrected chi connectivity index (χ2v) is 3.54. The largest absolute Gasteiger partial charge is 2.00 e. The Hall–Kier alpha value is 1.50. The molecule has 1 rings (SSSR count). The fourth-order valence-electron chi connectivity index (χ4n) is 1.54. The summed E-state index contributed by atoms with van der Waals surface area (Å²) in [6.07, 6.45) is 7.96. The minimum absolute atomic E-state index is 0. The van der Waals surface area contributed by atoms with Crippen molar-refractivity contribution in [3.05, 3.63) is 12.7 Å². The third-order valence-electron chi connectivity index (χ3n) is 2.34. The van der Waals surface area contributed by atoms with E-state index in [4.69, 9.17) is 0 Å². The first-order valence-electron chi connectivity index (χ1n) is 5.34. The number of rotatable bonds is 0. The maximum Gasteiger partial charge on any atom is 2.00 e. The van der Waals surface area contributed by atoms with Crippen molar-refractivity contribution >= 4 is 37.2 Å². The molecule has 0 spiro atoms. The van der Waals surface area contributed by atoms with Gasteiger partial charge in [0.2, 0.25) is 0 Å². The maximum absolute atomic E-state index is 4.48. The summed E-state index contributed by atoms with van der Waals surface area (Å²) in [5.41, 5.74) is 0. The van der Waals surface area contributed by atoms with Gasteiger partial charge in [0.05, 0.1) is 0 Å². The van der Waals surface area contributed by atoms with E-state index in [1.807, 2.05) is 0 Å². The first-order valence-corrected chi connectivity index (χ1v) is 5.34. The van der Waals surface area contributed by atoms with Gasteiger partial charge in [0.25, 0.3) is 0 Å². The van der Waals surface area contributed by atoms with Gasteiger partial charge < -0.3 is 18.1 Å². The van der Waals surface area contributed by atoms with E-state index in [9.17, 15) is 0 Å². The molecule has 0 radical (unpaired) electrons. The summed E-state index contributed by atoms with van der Waals surface area (Å²) in [5.74, 6) is 0. The first-order chi connectivity index (χ1) is 6.00. The van der Waals surface area contributed by atoms with Crippen molar-refractivity contribution in [3.63, 3.8) is 0 Å². The van der Waals surface area contributed by atoms with Crippen LogP contribution in [0.5, 0.6) is 0 Å². The van der Waals surface area contributed by atoms with Crippen LogP contribution in [-0.2, 0) is 21.7 Å². The molecule has 0 aromatic rings. The molecule has 0 amide bonds. The van der Waals surface area contributed by atoms with Gasteiger partial charge in [-0.05, 0) is 25.9 Å². The molecule has 0 unspecified atom stereocenters. The van der Waals surface area contributed by atoms with E-state index in [0.717, 1.165) is 13.1 Å². The minimum atomic E-state index is 0. The maximum atomic E-state index is 4.48. The summed E-state index contributed by atoms with van der Waals surface area (Å²) < 4.78 is 0. The van der Waals surface area contributed by atoms with Crippen LogP contribution in [0.15, 0.2) is 0 Å². The third kappa shape index (κ3) is 23.1. The number of hydrogen-bond acceptors (Lipinski definition) is 1. The summed E-state index contributed by atoms with van der Waals surface area (Å²) in [7, 11) is 0. The zero-order valence-corrected chi connectivity index (χ0v) is 14.8. The van der Waals surface area contributed by atoms with Gasteiger partial charge in [0.1, 0.15) is 0 Å². The van der Waals surface area contributed by atoms with Crippen molar-refractivity contribution in [3.8, 4) is 0 Å². The molecule has 0 aromatic carbocycles. The average molecular weight is 342 g/mol. The van der Waals surface area contributed by atoms with Crippen molar-refractivity contribution in [2.24, 2.45) is 0 Å². The Bertz CT molecular complexity index is 67.7. The van der Waals surface area contributed by atoms with Crippen LogP contribution in [0.1, 0.15) is 38.5 Å². The number of halogens is 3. The Morgan fingerprint density at radius 2 is 1.06 bits per heavy atom. The molecular weight excluding hydrogens is 314 g/mol. The summed E-state index contributed by atoms with van der Waals surface area (Å²) in [5, 5.41) is 7.94. The summed E-state index contributed by atoms with van der Waals surface area (Å²) in [6.45, 7) is 4.60. The minimum Gasteiger partial charge on any atom is -0.662 e. The van der Waals surface area contributed by atoms with Crippen LogP contribution in [0.4, 0.5) is 0 Å². The van der Waals surface area contributed by atoms with E-state index < -0.39 is 0 Å². The zero-order chi connectivity index (χ0) is 8.49. The number of hydrogen-bond donors (Lipinski definition) is 1. The quantitative estimate of drug-likeness (QED) is 0.523. The summed E-state index contributed by atoms with van der Waals surface area (Å²) in [4.78, 5) is 0. The molecule has 1 heterocycles. The van der Waals surface area contributed by atoms with Crippen LogP contribution in [0.3, 0.4) is 0 Å². The summed E-state index contributed by atoms with van der Waals surface area (Å²) in [6, 6.07) is 0. The summed E-state index contributed by atoms with van der Waals surface area (Å²) >= 11 is 0. The van der Waals surface area contributed by atoms with Crippen LogP contribution < -0.4 is 5.32 Å². The van der Waals surface area contributed by atoms with E-state index in [1.54, 1.807) is 0 Å². The zero-order valence-electron chi connectivity index (χ0n) is 10.7. The monoisotopic (exact) mass is 340 g/mol. The average Bonchev–Trinajstić information content (AvgIpc) is 2.05. The van der Waals surface area contributed by atoms with Crippen molar-refractivity contribution in [1.29, 1.82) is 0 Å². The standard InChI is InChI=1S/C10H21N2.CH3.3ClH.Ti/c1-2-4-8-12-10-6-5-9-11-7-3-1;;;;;/h11H,1-10H2;1H3;3*1H;/q2*-1;;;;+2. The molecule has 0 saturated carbocycles. The predicted molar refractivity (Wildman–Crippen MR) is 81.8 cm³/mol. The van der Waals surface area contributed by atoms with Gasteiger partial charge in [-0.15, -0.1) is 50.3 Å². The molecule has 1 saturated heterocycles. The van der Waals surface area contributed by atoms with Crippen LogP contribution in [-0.4, -0.2) is 26.2 Å². The van der Waals surface area contributed by atoms with Gasteiger partial charge >= 0.3 is 21.7 Å². The van der Waals surface area contributed by atoms with Gasteiger partial charge in [-0.2, -0.15) is 0 Å². The molecule has 1 N–H and O–H groups in total. The third-order valence-corrected chi connectivity index (χ3v) is 2.34. The molecule has 2 nitrogen and oxygen atoms in total. The fourth-order valence-corrected chi connectivity index (χ4v) is 1.54. The molecular formula is C11H27Cl3N2Ti. The van der Waals surface area contributed by atoms with E-state index in [1.165, 1.54) is 51.6 Å². The Morgan fingerprint density at radius 3 is 1.65 bits per heavy atom. The second-order valence-electron chi connectivity index (χ2n) is 3.54. The molecule has 1 fully saturated rings. The van der Waals surface area contributed by atoms with Crippen molar-refractivity contribution < 1.29 is 21.7 Å². The van der Waals surface area contributed by atoms with Gasteiger partial charge in [-0.25, -0.2) is 0 Å². The Balaban J connectivity index is -0.0000000960. The molecule has 0 atom stereocenters. The molecule has 1 aliphatic rings. The van der Waals surface area contributed by atoms with Crippen LogP contribution in [0, 0.1) is 7.43 Å². The SMILES string of the molecule is C1CCCNCCCC[N-]CC1.Cl.Cl.Cl.[CH3-].[Ti+2]. The van der Waals surface area contributed by atoms with Crippen molar-refractivity contribution in [2.45, 2.75) is 38.5 Å². The van der Waals surface area contributed by atoms with Gasteiger partial charge in [0.15, 0.2) is 0 Å². The molecule has 0 aromatic heterocycles. The van der Waals surface area contributed by atoms with E-state index >= 15 is 0 Å². The number of nitrogens with zero attached hydrogens (tertiary/aromatic N) is 1. The molecule has 6 heteroatoms.